The molecule has 0 fully saturated rings. The van der Waals surface area contributed by atoms with E-state index in [-0.39, 0.29) is 11.1 Å². The molecule has 0 aromatic heterocycles. The summed E-state index contributed by atoms with van der Waals surface area (Å²) in [4.78, 5) is 25.1. The maximum atomic E-state index is 14.7. The Morgan fingerprint density at radius 1 is 1.12 bits per heavy atom. The lowest BCUT2D eigenvalue weighted by molar-refractivity contribution is -0.144. The third-order valence-corrected chi connectivity index (χ3v) is 4.46. The van der Waals surface area contributed by atoms with Crippen molar-refractivity contribution in [2.24, 2.45) is 0 Å². The number of fused-ring (bicyclic) bond motifs is 1. The predicted octanol–water partition coefficient (Wildman–Crippen LogP) is 3.21. The number of benzene rings is 2. The number of rotatable bonds is 4. The molecule has 2 aromatic rings. The Balaban J connectivity index is 1.99. The van der Waals surface area contributed by atoms with Gasteiger partial charge in [0, 0.05) is 18.7 Å². The summed E-state index contributed by atoms with van der Waals surface area (Å²) in [5.41, 5.74) is 2.21. The lowest BCUT2D eigenvalue weighted by Crippen LogP contribution is -2.38. The molecular formula is C19H18FNO3. The third kappa shape index (κ3) is 2.95. The zero-order valence-electron chi connectivity index (χ0n) is 13.3. The second kappa shape index (κ2) is 6.53. The average molecular weight is 327 g/mol. The van der Waals surface area contributed by atoms with Crippen LogP contribution in [0.4, 0.5) is 4.39 Å². The van der Waals surface area contributed by atoms with Gasteiger partial charge in [-0.15, -0.1) is 0 Å². The van der Waals surface area contributed by atoms with E-state index in [1.807, 2.05) is 24.3 Å². The van der Waals surface area contributed by atoms with E-state index in [0.29, 0.717) is 19.5 Å². The molecule has 0 saturated carbocycles. The van der Waals surface area contributed by atoms with Crippen molar-refractivity contribution in [1.82, 2.24) is 4.90 Å². The van der Waals surface area contributed by atoms with Crippen molar-refractivity contribution in [2.45, 2.75) is 25.9 Å². The molecule has 0 saturated heterocycles. The summed E-state index contributed by atoms with van der Waals surface area (Å²) in [5.74, 6) is -2.27. The van der Waals surface area contributed by atoms with Crippen molar-refractivity contribution in [2.75, 3.05) is 6.54 Å². The molecule has 2 aromatic carbocycles. The fourth-order valence-electron chi connectivity index (χ4n) is 3.26. The molecule has 3 rings (SSSR count). The highest BCUT2D eigenvalue weighted by atomic mass is 19.1. The Kier molecular flexibility index (Phi) is 4.44. The van der Waals surface area contributed by atoms with Gasteiger partial charge in [-0.2, -0.15) is 0 Å². The topological polar surface area (TPSA) is 57.6 Å². The van der Waals surface area contributed by atoms with Crippen LogP contribution >= 0.6 is 0 Å². The third-order valence-electron chi connectivity index (χ3n) is 4.46. The van der Waals surface area contributed by atoms with Gasteiger partial charge in [-0.25, -0.2) is 4.39 Å². The number of ketones is 1. The molecular weight excluding hydrogens is 309 g/mol. The summed E-state index contributed by atoms with van der Waals surface area (Å²) >= 11 is 0. The summed E-state index contributed by atoms with van der Waals surface area (Å²) in [7, 11) is 0. The van der Waals surface area contributed by atoms with E-state index in [9.17, 15) is 19.1 Å². The lowest BCUT2D eigenvalue weighted by Gasteiger charge is -2.33. The fourth-order valence-corrected chi connectivity index (χ4v) is 3.26. The smallest absolute Gasteiger partial charge is 0.325 e. The molecule has 1 aliphatic heterocycles. The van der Waals surface area contributed by atoms with E-state index in [1.165, 1.54) is 30.7 Å². The highest BCUT2D eigenvalue weighted by Crippen LogP contribution is 2.30. The summed E-state index contributed by atoms with van der Waals surface area (Å²) < 4.78 is 14.7. The van der Waals surface area contributed by atoms with Crippen molar-refractivity contribution in [3.8, 4) is 0 Å². The second-order valence-electron chi connectivity index (χ2n) is 5.99. The molecule has 1 atom stereocenters. The number of carboxylic acid groups (broad SMARTS) is 1. The molecule has 1 N–H and O–H groups in total. The molecule has 0 bridgehead atoms. The molecule has 5 heteroatoms. The van der Waals surface area contributed by atoms with Crippen LogP contribution in [-0.4, -0.2) is 28.3 Å². The number of nitrogens with zero attached hydrogens (tertiary/aromatic N) is 1. The van der Waals surface area contributed by atoms with Gasteiger partial charge in [-0.05, 0) is 30.5 Å². The number of aliphatic carboxylic acids is 1. The molecule has 0 spiro atoms. The molecule has 0 amide bonds. The number of hydrogen-bond donors (Lipinski definition) is 1. The summed E-state index contributed by atoms with van der Waals surface area (Å²) in [6.45, 7) is 2.24. The van der Waals surface area contributed by atoms with Crippen molar-refractivity contribution in [3.63, 3.8) is 0 Å². The highest BCUT2D eigenvalue weighted by molar-refractivity contribution is 5.94. The summed E-state index contributed by atoms with van der Waals surface area (Å²) in [6, 6.07) is 11.1. The zero-order chi connectivity index (χ0) is 17.3. The predicted molar refractivity (Wildman–Crippen MR) is 87.3 cm³/mol. The molecule has 24 heavy (non-hydrogen) atoms. The molecule has 1 heterocycles. The zero-order valence-corrected chi connectivity index (χ0v) is 13.3. The number of carboxylic acids is 1. The van der Waals surface area contributed by atoms with Gasteiger partial charge < -0.3 is 5.11 Å². The normalized spacial score (nSPS) is 15.6. The van der Waals surface area contributed by atoms with Crippen LogP contribution in [0.2, 0.25) is 0 Å². The molecule has 1 unspecified atom stereocenters. The van der Waals surface area contributed by atoms with Crippen LogP contribution in [0.25, 0.3) is 0 Å². The van der Waals surface area contributed by atoms with Gasteiger partial charge in [-0.1, -0.05) is 36.4 Å². The van der Waals surface area contributed by atoms with Gasteiger partial charge in [0.05, 0.1) is 5.56 Å². The standard InChI is InChI=1S/C19H18FNO3/c1-12(22)15-7-4-8-16(17(15)20)18(19(23)24)21-10-9-13-5-2-3-6-14(13)11-21/h2-8,18H,9-11H2,1H3,(H,23,24). The maximum Gasteiger partial charge on any atom is 0.325 e. The Hall–Kier alpha value is -2.53. The number of halogens is 1. The molecule has 4 nitrogen and oxygen atoms in total. The number of Topliss-reactive ketones (excluding diaryl/α,β-unsaturated/α-hetero) is 1. The molecule has 124 valence electrons. The first-order chi connectivity index (χ1) is 11.5. The van der Waals surface area contributed by atoms with Gasteiger partial charge in [0.25, 0.3) is 0 Å². The monoisotopic (exact) mass is 327 g/mol. The van der Waals surface area contributed by atoms with Crippen molar-refractivity contribution in [3.05, 3.63) is 70.5 Å². The summed E-state index contributed by atoms with van der Waals surface area (Å²) in [5, 5.41) is 9.69. The minimum atomic E-state index is -1.12. The van der Waals surface area contributed by atoms with Crippen molar-refractivity contribution < 1.29 is 19.1 Å². The van der Waals surface area contributed by atoms with Crippen molar-refractivity contribution >= 4 is 11.8 Å². The number of hydrogen-bond acceptors (Lipinski definition) is 3. The summed E-state index contributed by atoms with van der Waals surface area (Å²) in [6.07, 6.45) is 0.716. The lowest BCUT2D eigenvalue weighted by atomic mass is 9.95. The first-order valence-electron chi connectivity index (χ1n) is 7.82. The van der Waals surface area contributed by atoms with Gasteiger partial charge in [0.1, 0.15) is 11.9 Å². The average Bonchev–Trinajstić information content (AvgIpc) is 2.56. The van der Waals surface area contributed by atoms with E-state index in [2.05, 4.69) is 0 Å². The maximum absolute atomic E-state index is 14.7. The Labute approximate surface area is 139 Å². The molecule has 0 aliphatic carbocycles. The highest BCUT2D eigenvalue weighted by Gasteiger charge is 2.33. The van der Waals surface area contributed by atoms with Gasteiger partial charge in [0.15, 0.2) is 5.78 Å². The fraction of sp³-hybridized carbons (Fsp3) is 0.263. The van der Waals surface area contributed by atoms with E-state index in [1.54, 1.807) is 4.90 Å². The Bertz CT molecular complexity index is 803. The second-order valence-corrected chi connectivity index (χ2v) is 5.99. The largest absolute Gasteiger partial charge is 0.480 e. The minimum Gasteiger partial charge on any atom is -0.480 e. The van der Waals surface area contributed by atoms with Crippen LogP contribution in [0, 0.1) is 5.82 Å². The van der Waals surface area contributed by atoms with Crippen molar-refractivity contribution in [1.29, 1.82) is 0 Å². The Morgan fingerprint density at radius 3 is 2.50 bits per heavy atom. The van der Waals surface area contributed by atoms with E-state index in [4.69, 9.17) is 0 Å². The first-order valence-corrected chi connectivity index (χ1v) is 7.82. The van der Waals surface area contributed by atoms with Crippen LogP contribution < -0.4 is 0 Å². The van der Waals surface area contributed by atoms with Crippen LogP contribution in [0.3, 0.4) is 0 Å². The van der Waals surface area contributed by atoms with E-state index in [0.717, 1.165) is 5.56 Å². The Morgan fingerprint density at radius 2 is 1.83 bits per heavy atom. The molecule has 0 radical (unpaired) electrons. The minimum absolute atomic E-state index is 0.0366. The number of carbonyl (C=O) groups is 2. The quantitative estimate of drug-likeness (QED) is 0.876. The van der Waals surface area contributed by atoms with Crippen LogP contribution in [0.1, 0.15) is 40.0 Å². The molecule has 1 aliphatic rings. The van der Waals surface area contributed by atoms with Crippen LogP contribution in [-0.2, 0) is 17.8 Å². The SMILES string of the molecule is CC(=O)c1cccc(C(C(=O)O)N2CCc3ccccc3C2)c1F. The number of carbonyl (C=O) groups excluding carboxylic acids is 1. The van der Waals surface area contributed by atoms with Crippen LogP contribution in [0.15, 0.2) is 42.5 Å². The van der Waals surface area contributed by atoms with Gasteiger partial charge in [0.2, 0.25) is 0 Å². The van der Waals surface area contributed by atoms with E-state index >= 15 is 0 Å². The van der Waals surface area contributed by atoms with Gasteiger partial charge >= 0.3 is 5.97 Å². The van der Waals surface area contributed by atoms with Gasteiger partial charge in [-0.3, -0.25) is 14.5 Å². The van der Waals surface area contributed by atoms with E-state index < -0.39 is 23.6 Å². The first kappa shape index (κ1) is 16.3. The van der Waals surface area contributed by atoms with Crippen LogP contribution in [0.5, 0.6) is 0 Å².